The van der Waals surface area contributed by atoms with Gasteiger partial charge in [-0.3, -0.25) is 9.59 Å². The molecule has 0 saturated heterocycles. The third-order valence-corrected chi connectivity index (χ3v) is 4.73. The average Bonchev–Trinajstić information content (AvgIpc) is 2.61. The van der Waals surface area contributed by atoms with Gasteiger partial charge in [-0.15, -0.1) is 0 Å². The molecule has 1 atom stereocenters. The molecule has 25 heavy (non-hydrogen) atoms. The van der Waals surface area contributed by atoms with Crippen LogP contribution in [0, 0.1) is 0 Å². The summed E-state index contributed by atoms with van der Waals surface area (Å²) in [5.41, 5.74) is 1.62. The number of nitrogens with one attached hydrogen (secondary N) is 2. The zero-order chi connectivity index (χ0) is 17.9. The number of fused-ring (bicyclic) bond motifs is 1. The Bertz CT molecular complexity index is 809. The van der Waals surface area contributed by atoms with Crippen molar-refractivity contribution >= 4 is 29.1 Å². The molecule has 0 aliphatic heterocycles. The number of para-hydroxylation sites is 1. The summed E-state index contributed by atoms with van der Waals surface area (Å²) in [6.45, 7) is 0.0239. The van der Waals surface area contributed by atoms with Gasteiger partial charge in [0.25, 0.3) is 0 Å². The third kappa shape index (κ3) is 4.18. The Morgan fingerprint density at radius 1 is 1.04 bits per heavy atom. The minimum Gasteiger partial charge on any atom is -0.388 e. The Morgan fingerprint density at radius 3 is 2.48 bits per heavy atom. The van der Waals surface area contributed by atoms with Crippen molar-refractivity contribution in [3.05, 3.63) is 64.7 Å². The van der Waals surface area contributed by atoms with Crippen molar-refractivity contribution in [1.29, 1.82) is 0 Å². The molecular weight excluding hydrogens is 340 g/mol. The molecule has 1 aliphatic carbocycles. The second kappa shape index (κ2) is 7.25. The van der Waals surface area contributed by atoms with E-state index in [9.17, 15) is 14.7 Å². The molecule has 0 heterocycles. The van der Waals surface area contributed by atoms with E-state index in [0.717, 1.165) is 12.0 Å². The number of amides is 2. The highest BCUT2D eigenvalue weighted by molar-refractivity contribution is 6.41. The van der Waals surface area contributed by atoms with Crippen LogP contribution in [0.3, 0.4) is 0 Å². The van der Waals surface area contributed by atoms with Crippen LogP contribution in [0.5, 0.6) is 0 Å². The molecule has 3 N–H and O–H groups in total. The predicted octanol–water partition coefficient (Wildman–Crippen LogP) is 2.31. The summed E-state index contributed by atoms with van der Waals surface area (Å²) in [5, 5.41) is 16.0. The standard InChI is InChI=1S/C19H19ClN2O3/c20-15-7-3-4-8-16(15)22-18(24)17(23)21-12-19(25)10-9-13-5-1-2-6-14(13)11-19/h1-8,25H,9-12H2,(H,21,23)(H,22,24). The van der Waals surface area contributed by atoms with E-state index in [0.29, 0.717) is 23.6 Å². The number of carbonyl (C=O) groups excluding carboxylic acids is 2. The van der Waals surface area contributed by atoms with Gasteiger partial charge in [0.15, 0.2) is 0 Å². The quantitative estimate of drug-likeness (QED) is 0.737. The van der Waals surface area contributed by atoms with Crippen LogP contribution in [0.15, 0.2) is 48.5 Å². The lowest BCUT2D eigenvalue weighted by atomic mass is 9.80. The highest BCUT2D eigenvalue weighted by Gasteiger charge is 2.33. The summed E-state index contributed by atoms with van der Waals surface area (Å²) >= 11 is 5.96. The van der Waals surface area contributed by atoms with Gasteiger partial charge in [0.1, 0.15) is 0 Å². The molecule has 0 aromatic heterocycles. The first-order valence-corrected chi connectivity index (χ1v) is 8.47. The smallest absolute Gasteiger partial charge is 0.313 e. The fraction of sp³-hybridized carbons (Fsp3) is 0.263. The molecule has 2 aromatic carbocycles. The molecule has 0 radical (unpaired) electrons. The topological polar surface area (TPSA) is 78.4 Å². The van der Waals surface area contributed by atoms with Crippen molar-refractivity contribution in [2.45, 2.75) is 24.9 Å². The number of halogens is 1. The maximum Gasteiger partial charge on any atom is 0.313 e. The van der Waals surface area contributed by atoms with Gasteiger partial charge < -0.3 is 15.7 Å². The Hall–Kier alpha value is -2.37. The van der Waals surface area contributed by atoms with Crippen LogP contribution in [0.4, 0.5) is 5.69 Å². The number of hydrogen-bond acceptors (Lipinski definition) is 3. The lowest BCUT2D eigenvalue weighted by Crippen LogP contribution is -2.49. The fourth-order valence-electron chi connectivity index (χ4n) is 3.00. The molecule has 0 spiro atoms. The molecule has 0 saturated carbocycles. The van der Waals surface area contributed by atoms with Crippen LogP contribution in [-0.2, 0) is 22.4 Å². The number of hydrogen-bond donors (Lipinski definition) is 3. The van der Waals surface area contributed by atoms with E-state index in [4.69, 9.17) is 11.6 Å². The summed E-state index contributed by atoms with van der Waals surface area (Å²) in [4.78, 5) is 24.0. The zero-order valence-corrected chi connectivity index (χ0v) is 14.3. The molecule has 1 unspecified atom stereocenters. The van der Waals surface area contributed by atoms with E-state index in [2.05, 4.69) is 10.6 Å². The summed E-state index contributed by atoms with van der Waals surface area (Å²) < 4.78 is 0. The lowest BCUT2D eigenvalue weighted by Gasteiger charge is -2.33. The van der Waals surface area contributed by atoms with E-state index < -0.39 is 17.4 Å². The maximum absolute atomic E-state index is 12.0. The van der Waals surface area contributed by atoms with Crippen LogP contribution < -0.4 is 10.6 Å². The van der Waals surface area contributed by atoms with Gasteiger partial charge in [-0.2, -0.15) is 0 Å². The van der Waals surface area contributed by atoms with Crippen molar-refractivity contribution < 1.29 is 14.7 Å². The molecular formula is C19H19ClN2O3. The third-order valence-electron chi connectivity index (χ3n) is 4.40. The van der Waals surface area contributed by atoms with E-state index in [1.807, 2.05) is 24.3 Å². The number of anilines is 1. The Balaban J connectivity index is 1.57. The van der Waals surface area contributed by atoms with E-state index in [1.54, 1.807) is 24.3 Å². The number of carbonyl (C=O) groups is 2. The largest absolute Gasteiger partial charge is 0.388 e. The zero-order valence-electron chi connectivity index (χ0n) is 13.6. The van der Waals surface area contributed by atoms with Crippen LogP contribution in [-0.4, -0.2) is 29.1 Å². The SMILES string of the molecule is O=C(NCC1(O)CCc2ccccc2C1)C(=O)Nc1ccccc1Cl. The predicted molar refractivity (Wildman–Crippen MR) is 96.5 cm³/mol. The van der Waals surface area contributed by atoms with E-state index >= 15 is 0 Å². The van der Waals surface area contributed by atoms with Gasteiger partial charge in [0.2, 0.25) is 0 Å². The number of rotatable bonds is 3. The number of aliphatic hydroxyl groups is 1. The summed E-state index contributed by atoms with van der Waals surface area (Å²) in [6, 6.07) is 14.6. The first-order chi connectivity index (χ1) is 12.0. The van der Waals surface area contributed by atoms with Crippen molar-refractivity contribution in [2.75, 3.05) is 11.9 Å². The van der Waals surface area contributed by atoms with Crippen LogP contribution in [0.25, 0.3) is 0 Å². The fourth-order valence-corrected chi connectivity index (χ4v) is 3.18. The molecule has 6 heteroatoms. The molecule has 0 bridgehead atoms. The molecule has 130 valence electrons. The molecule has 0 fully saturated rings. The van der Waals surface area contributed by atoms with Gasteiger partial charge >= 0.3 is 11.8 Å². The summed E-state index contributed by atoms with van der Waals surface area (Å²) in [7, 11) is 0. The Kier molecular flexibility index (Phi) is 5.06. The highest BCUT2D eigenvalue weighted by atomic mass is 35.5. The van der Waals surface area contributed by atoms with Gasteiger partial charge in [-0.1, -0.05) is 48.0 Å². The van der Waals surface area contributed by atoms with Gasteiger partial charge in [-0.25, -0.2) is 0 Å². The molecule has 2 aromatic rings. The monoisotopic (exact) mass is 358 g/mol. The minimum absolute atomic E-state index is 0.0239. The average molecular weight is 359 g/mol. The van der Waals surface area contributed by atoms with E-state index in [1.165, 1.54) is 5.56 Å². The second-order valence-electron chi connectivity index (χ2n) is 6.29. The molecule has 2 amide bonds. The minimum atomic E-state index is -1.05. The van der Waals surface area contributed by atoms with Crippen molar-refractivity contribution in [3.63, 3.8) is 0 Å². The maximum atomic E-state index is 12.0. The lowest BCUT2D eigenvalue weighted by molar-refractivity contribution is -0.136. The normalized spacial score (nSPS) is 19.0. The Morgan fingerprint density at radius 2 is 1.72 bits per heavy atom. The molecule has 5 nitrogen and oxygen atoms in total. The molecule has 3 rings (SSSR count). The highest BCUT2D eigenvalue weighted by Crippen LogP contribution is 2.28. The second-order valence-corrected chi connectivity index (χ2v) is 6.69. The first-order valence-electron chi connectivity index (χ1n) is 8.10. The Labute approximate surface area is 151 Å². The number of benzene rings is 2. The van der Waals surface area contributed by atoms with Crippen molar-refractivity contribution in [3.8, 4) is 0 Å². The van der Waals surface area contributed by atoms with Gasteiger partial charge in [0.05, 0.1) is 16.3 Å². The van der Waals surface area contributed by atoms with Crippen LogP contribution >= 0.6 is 11.6 Å². The van der Waals surface area contributed by atoms with Gasteiger partial charge in [-0.05, 0) is 36.1 Å². The summed E-state index contributed by atoms with van der Waals surface area (Å²) in [6.07, 6.45) is 1.74. The van der Waals surface area contributed by atoms with Crippen molar-refractivity contribution in [2.24, 2.45) is 0 Å². The van der Waals surface area contributed by atoms with Gasteiger partial charge in [0, 0.05) is 13.0 Å². The van der Waals surface area contributed by atoms with E-state index in [-0.39, 0.29) is 6.54 Å². The van der Waals surface area contributed by atoms with Crippen LogP contribution in [0.1, 0.15) is 17.5 Å². The molecule has 1 aliphatic rings. The summed E-state index contributed by atoms with van der Waals surface area (Å²) in [5.74, 6) is -1.61. The number of aryl methyl sites for hydroxylation is 1. The first kappa shape index (κ1) is 17.5. The van der Waals surface area contributed by atoms with Crippen molar-refractivity contribution in [1.82, 2.24) is 5.32 Å². The van der Waals surface area contributed by atoms with Crippen LogP contribution in [0.2, 0.25) is 5.02 Å².